The van der Waals surface area contributed by atoms with Crippen molar-refractivity contribution < 1.29 is 4.79 Å². The molecule has 6 heteroatoms. The molecule has 0 bridgehead atoms. The van der Waals surface area contributed by atoms with Gasteiger partial charge in [0.05, 0.1) is 6.54 Å². The molecule has 1 amide bonds. The molecule has 0 unspecified atom stereocenters. The number of hydrogen-bond donors (Lipinski definition) is 2. The molecule has 1 fully saturated rings. The van der Waals surface area contributed by atoms with Gasteiger partial charge in [-0.3, -0.25) is 9.69 Å². The normalized spacial score (nSPS) is 16.6. The minimum atomic E-state index is 0.0000354. The zero-order valence-corrected chi connectivity index (χ0v) is 13.2. The fraction of sp³-hybridized carbons (Fsp3) is 0.467. The maximum atomic E-state index is 12.1. The minimum absolute atomic E-state index is 0.0000354. The molecule has 0 atom stereocenters. The average Bonchev–Trinajstić information content (AvgIpc) is 2.48. The summed E-state index contributed by atoms with van der Waals surface area (Å²) >= 11 is 4.94. The summed E-state index contributed by atoms with van der Waals surface area (Å²) in [5.41, 5.74) is 7.09. The summed E-state index contributed by atoms with van der Waals surface area (Å²) in [7, 11) is 0. The highest BCUT2D eigenvalue weighted by Crippen LogP contribution is 2.11. The Morgan fingerprint density at radius 3 is 2.57 bits per heavy atom. The Hall–Kier alpha value is -1.50. The Kier molecular flexibility index (Phi) is 5.67. The monoisotopic (exact) mass is 306 g/mol. The molecular formula is C15H22N4OS. The van der Waals surface area contributed by atoms with Crippen molar-refractivity contribution in [3.8, 4) is 0 Å². The van der Waals surface area contributed by atoms with Crippen LogP contribution in [0.15, 0.2) is 24.3 Å². The number of benzene rings is 1. The van der Waals surface area contributed by atoms with Crippen LogP contribution in [0.5, 0.6) is 0 Å². The molecule has 0 aliphatic carbocycles. The second kappa shape index (κ2) is 7.49. The summed E-state index contributed by atoms with van der Waals surface area (Å²) in [5.74, 6) is 0.0000354. The summed E-state index contributed by atoms with van der Waals surface area (Å²) in [4.78, 5) is 17.0. The molecule has 5 nitrogen and oxygen atoms in total. The molecule has 114 valence electrons. The van der Waals surface area contributed by atoms with Gasteiger partial charge in [0.2, 0.25) is 5.91 Å². The van der Waals surface area contributed by atoms with Crippen LogP contribution in [0.4, 0.5) is 5.69 Å². The molecule has 1 aromatic rings. The van der Waals surface area contributed by atoms with Crippen LogP contribution in [0.25, 0.3) is 0 Å². The van der Waals surface area contributed by atoms with E-state index in [2.05, 4.69) is 22.0 Å². The van der Waals surface area contributed by atoms with E-state index in [-0.39, 0.29) is 5.91 Å². The van der Waals surface area contributed by atoms with Crippen molar-refractivity contribution in [2.75, 3.05) is 44.6 Å². The number of hydrogen-bond acceptors (Lipinski definition) is 4. The first kappa shape index (κ1) is 15.9. The van der Waals surface area contributed by atoms with Gasteiger partial charge in [0.1, 0.15) is 4.99 Å². The summed E-state index contributed by atoms with van der Waals surface area (Å²) in [6.45, 7) is 7.60. The first-order valence-corrected chi connectivity index (χ1v) is 7.63. The van der Waals surface area contributed by atoms with Crippen molar-refractivity contribution >= 4 is 28.8 Å². The third-order valence-corrected chi connectivity index (χ3v) is 3.95. The van der Waals surface area contributed by atoms with E-state index in [1.54, 1.807) is 6.07 Å². The molecule has 1 aliphatic rings. The van der Waals surface area contributed by atoms with Crippen LogP contribution in [0.3, 0.4) is 0 Å². The largest absolute Gasteiger partial charge is 0.389 e. The van der Waals surface area contributed by atoms with E-state index in [9.17, 15) is 4.79 Å². The van der Waals surface area contributed by atoms with Crippen molar-refractivity contribution in [2.45, 2.75) is 6.92 Å². The molecule has 1 heterocycles. The molecule has 0 radical (unpaired) electrons. The Labute approximate surface area is 131 Å². The minimum Gasteiger partial charge on any atom is -0.389 e. The zero-order valence-electron chi connectivity index (χ0n) is 12.3. The number of piperazine rings is 1. The lowest BCUT2D eigenvalue weighted by Crippen LogP contribution is -2.48. The van der Waals surface area contributed by atoms with Gasteiger partial charge >= 0.3 is 0 Å². The van der Waals surface area contributed by atoms with Gasteiger partial charge in [-0.15, -0.1) is 0 Å². The predicted molar refractivity (Wildman–Crippen MR) is 89.5 cm³/mol. The molecule has 0 spiro atoms. The number of carbonyl (C=O) groups is 1. The standard InChI is InChI=1S/C15H22N4OS/c1-2-18-6-8-19(9-7-18)11-14(20)17-13-5-3-4-12(10-13)15(16)21/h3-5,10H,2,6-9,11H2,1H3,(H2,16,21)(H,17,20). The van der Waals surface area contributed by atoms with Crippen molar-refractivity contribution in [3.05, 3.63) is 29.8 Å². The van der Waals surface area contributed by atoms with E-state index in [1.807, 2.05) is 18.2 Å². The van der Waals surface area contributed by atoms with E-state index in [0.29, 0.717) is 11.5 Å². The number of anilines is 1. The smallest absolute Gasteiger partial charge is 0.238 e. The van der Waals surface area contributed by atoms with Crippen LogP contribution in [0.2, 0.25) is 0 Å². The lowest BCUT2D eigenvalue weighted by Gasteiger charge is -2.33. The van der Waals surface area contributed by atoms with E-state index in [1.165, 1.54) is 0 Å². The average molecular weight is 306 g/mol. The van der Waals surface area contributed by atoms with Crippen molar-refractivity contribution in [2.24, 2.45) is 5.73 Å². The van der Waals surface area contributed by atoms with E-state index in [4.69, 9.17) is 18.0 Å². The Balaban J connectivity index is 1.85. The highest BCUT2D eigenvalue weighted by atomic mass is 32.1. The fourth-order valence-electron chi connectivity index (χ4n) is 2.42. The molecule has 2 rings (SSSR count). The van der Waals surface area contributed by atoms with Crippen LogP contribution in [0, 0.1) is 0 Å². The third kappa shape index (κ3) is 4.77. The third-order valence-electron chi connectivity index (χ3n) is 3.71. The van der Waals surface area contributed by atoms with Crippen LogP contribution >= 0.6 is 12.2 Å². The summed E-state index contributed by atoms with van der Waals surface area (Å²) in [6.07, 6.45) is 0. The molecule has 1 aromatic carbocycles. The van der Waals surface area contributed by atoms with Gasteiger partial charge in [-0.25, -0.2) is 0 Å². The van der Waals surface area contributed by atoms with Gasteiger partial charge in [0, 0.05) is 37.4 Å². The zero-order chi connectivity index (χ0) is 15.2. The molecule has 21 heavy (non-hydrogen) atoms. The summed E-state index contributed by atoms with van der Waals surface area (Å²) < 4.78 is 0. The van der Waals surface area contributed by atoms with Gasteiger partial charge in [-0.1, -0.05) is 31.3 Å². The number of nitrogens with two attached hydrogens (primary N) is 1. The van der Waals surface area contributed by atoms with Crippen molar-refractivity contribution in [1.82, 2.24) is 9.80 Å². The van der Waals surface area contributed by atoms with Crippen molar-refractivity contribution in [3.63, 3.8) is 0 Å². The number of likely N-dealkylation sites (N-methyl/N-ethyl adjacent to an activating group) is 1. The predicted octanol–water partition coefficient (Wildman–Crippen LogP) is 0.897. The van der Waals surface area contributed by atoms with Crippen LogP contribution in [0.1, 0.15) is 12.5 Å². The second-order valence-electron chi connectivity index (χ2n) is 5.20. The number of rotatable bonds is 5. The summed E-state index contributed by atoms with van der Waals surface area (Å²) in [6, 6.07) is 7.32. The molecule has 0 aromatic heterocycles. The summed E-state index contributed by atoms with van der Waals surface area (Å²) in [5, 5.41) is 2.90. The number of amides is 1. The number of nitrogens with one attached hydrogen (secondary N) is 1. The lowest BCUT2D eigenvalue weighted by atomic mass is 10.2. The second-order valence-corrected chi connectivity index (χ2v) is 5.64. The topological polar surface area (TPSA) is 61.6 Å². The van der Waals surface area contributed by atoms with Gasteiger partial charge in [0.25, 0.3) is 0 Å². The fourth-order valence-corrected chi connectivity index (χ4v) is 2.54. The van der Waals surface area contributed by atoms with Crippen LogP contribution in [-0.2, 0) is 4.79 Å². The van der Waals surface area contributed by atoms with E-state index >= 15 is 0 Å². The first-order chi connectivity index (χ1) is 10.1. The lowest BCUT2D eigenvalue weighted by molar-refractivity contribution is -0.117. The highest BCUT2D eigenvalue weighted by molar-refractivity contribution is 7.80. The number of nitrogens with zero attached hydrogens (tertiary/aromatic N) is 2. The van der Waals surface area contributed by atoms with Gasteiger partial charge in [0.15, 0.2) is 0 Å². The van der Waals surface area contributed by atoms with Gasteiger partial charge in [-0.05, 0) is 18.7 Å². The highest BCUT2D eigenvalue weighted by Gasteiger charge is 2.17. The van der Waals surface area contributed by atoms with Crippen LogP contribution < -0.4 is 11.1 Å². The molecular weight excluding hydrogens is 284 g/mol. The van der Waals surface area contributed by atoms with E-state index in [0.717, 1.165) is 44.0 Å². The number of thiocarbonyl (C=S) groups is 1. The first-order valence-electron chi connectivity index (χ1n) is 7.23. The molecule has 3 N–H and O–H groups in total. The Bertz CT molecular complexity index is 512. The molecule has 1 saturated heterocycles. The molecule has 1 aliphatic heterocycles. The van der Waals surface area contributed by atoms with Crippen molar-refractivity contribution in [1.29, 1.82) is 0 Å². The Morgan fingerprint density at radius 1 is 1.29 bits per heavy atom. The van der Waals surface area contributed by atoms with Gasteiger partial charge in [-0.2, -0.15) is 0 Å². The number of carbonyl (C=O) groups excluding carboxylic acids is 1. The quantitative estimate of drug-likeness (QED) is 0.792. The maximum Gasteiger partial charge on any atom is 0.238 e. The van der Waals surface area contributed by atoms with Gasteiger partial charge < -0.3 is 16.0 Å². The maximum absolute atomic E-state index is 12.1. The van der Waals surface area contributed by atoms with Crippen LogP contribution in [-0.4, -0.2) is 60.0 Å². The molecule has 0 saturated carbocycles. The SMILES string of the molecule is CCN1CCN(CC(=O)Nc2cccc(C(N)=S)c2)CC1. The van der Waals surface area contributed by atoms with E-state index < -0.39 is 0 Å². The Morgan fingerprint density at radius 2 is 1.95 bits per heavy atom.